The van der Waals surface area contributed by atoms with Crippen LogP contribution in [0, 0.1) is 0 Å². The molecule has 0 saturated carbocycles. The van der Waals surface area contributed by atoms with Crippen LogP contribution in [-0.2, 0) is 14.2 Å². The van der Waals surface area contributed by atoms with E-state index in [0.29, 0.717) is 13.2 Å². The molecule has 11 heavy (non-hydrogen) atoms. The molecule has 2 rings (SSSR count). The average Bonchev–Trinajstić information content (AvgIpc) is 2.53. The summed E-state index contributed by atoms with van der Waals surface area (Å²) in [5.41, 5.74) is 0. The van der Waals surface area contributed by atoms with Gasteiger partial charge in [-0.25, -0.2) is 0 Å². The molecule has 0 aromatic carbocycles. The number of aliphatic hydroxyl groups excluding tert-OH is 1. The molecule has 2 aliphatic heterocycles. The molecular formula is C7H12O4. The molecule has 1 unspecified atom stereocenters. The van der Waals surface area contributed by atoms with Crippen molar-refractivity contribution in [2.24, 2.45) is 0 Å². The number of aliphatic hydroxyl groups is 1. The summed E-state index contributed by atoms with van der Waals surface area (Å²) in [5, 5.41) is 9.31. The molecule has 0 bridgehead atoms. The van der Waals surface area contributed by atoms with Crippen LogP contribution in [0.25, 0.3) is 0 Å². The third-order valence-corrected chi connectivity index (χ3v) is 2.28. The Balaban J connectivity index is 2.04. The van der Waals surface area contributed by atoms with Crippen LogP contribution in [0.1, 0.15) is 0 Å². The predicted octanol–water partition coefficient (Wildman–Crippen LogP) is -0.840. The van der Waals surface area contributed by atoms with Gasteiger partial charge in [0.25, 0.3) is 0 Å². The molecule has 0 aliphatic carbocycles. The molecule has 4 atom stereocenters. The van der Waals surface area contributed by atoms with Gasteiger partial charge in [-0.2, -0.15) is 0 Å². The van der Waals surface area contributed by atoms with E-state index in [1.165, 1.54) is 0 Å². The molecule has 2 aliphatic rings. The first-order chi connectivity index (χ1) is 5.33. The van der Waals surface area contributed by atoms with E-state index in [-0.39, 0.29) is 18.3 Å². The molecule has 4 heteroatoms. The van der Waals surface area contributed by atoms with Gasteiger partial charge in [-0.15, -0.1) is 0 Å². The molecule has 1 N–H and O–H groups in total. The van der Waals surface area contributed by atoms with Gasteiger partial charge in [-0.1, -0.05) is 0 Å². The zero-order valence-corrected chi connectivity index (χ0v) is 6.40. The lowest BCUT2D eigenvalue weighted by Gasteiger charge is -2.12. The first-order valence-corrected chi connectivity index (χ1v) is 3.77. The van der Waals surface area contributed by atoms with Crippen LogP contribution in [0.2, 0.25) is 0 Å². The van der Waals surface area contributed by atoms with Crippen LogP contribution in [-0.4, -0.2) is 49.8 Å². The third kappa shape index (κ3) is 1.06. The Labute approximate surface area is 65.1 Å². The minimum absolute atomic E-state index is 0.00264. The van der Waals surface area contributed by atoms with E-state index in [1.54, 1.807) is 7.11 Å². The topological polar surface area (TPSA) is 47.9 Å². The van der Waals surface area contributed by atoms with Gasteiger partial charge in [0.2, 0.25) is 0 Å². The van der Waals surface area contributed by atoms with Crippen LogP contribution >= 0.6 is 0 Å². The standard InChI is InChI=1S/C7H12O4/c1-9-5-3-11-6-4(8)2-10-7(5)6/h4-8H,2-3H2,1H3/t4-,5?,6-,7-/m1/s1. The molecule has 2 fully saturated rings. The normalized spacial score (nSPS) is 49.6. The molecule has 4 nitrogen and oxygen atoms in total. The zero-order valence-electron chi connectivity index (χ0n) is 6.40. The van der Waals surface area contributed by atoms with Crippen molar-refractivity contribution in [3.05, 3.63) is 0 Å². The smallest absolute Gasteiger partial charge is 0.115 e. The Morgan fingerprint density at radius 1 is 1.27 bits per heavy atom. The Bertz CT molecular complexity index is 149. The SMILES string of the molecule is COC1CO[C@@H]2[C@H](O)CO[C@H]12. The fourth-order valence-corrected chi connectivity index (χ4v) is 1.65. The molecule has 2 saturated heterocycles. The lowest BCUT2D eigenvalue weighted by atomic mass is 10.1. The number of hydrogen-bond donors (Lipinski definition) is 1. The Kier molecular flexibility index (Phi) is 1.85. The first-order valence-electron chi connectivity index (χ1n) is 3.77. The Morgan fingerprint density at radius 3 is 2.73 bits per heavy atom. The van der Waals surface area contributed by atoms with Crippen LogP contribution in [0.4, 0.5) is 0 Å². The average molecular weight is 160 g/mol. The van der Waals surface area contributed by atoms with Crippen molar-refractivity contribution in [3.8, 4) is 0 Å². The first kappa shape index (κ1) is 7.49. The summed E-state index contributed by atoms with van der Waals surface area (Å²) in [5.74, 6) is 0. The summed E-state index contributed by atoms with van der Waals surface area (Å²) in [7, 11) is 1.63. The number of rotatable bonds is 1. The second kappa shape index (κ2) is 2.71. The van der Waals surface area contributed by atoms with Gasteiger partial charge >= 0.3 is 0 Å². The van der Waals surface area contributed by atoms with E-state index in [4.69, 9.17) is 14.2 Å². The van der Waals surface area contributed by atoms with E-state index < -0.39 is 6.10 Å². The molecule has 0 amide bonds. The van der Waals surface area contributed by atoms with Crippen molar-refractivity contribution >= 4 is 0 Å². The highest BCUT2D eigenvalue weighted by Gasteiger charge is 2.47. The summed E-state index contributed by atoms with van der Waals surface area (Å²) < 4.78 is 15.7. The molecule has 0 radical (unpaired) electrons. The van der Waals surface area contributed by atoms with E-state index in [1.807, 2.05) is 0 Å². The van der Waals surface area contributed by atoms with Gasteiger partial charge in [0.1, 0.15) is 24.4 Å². The second-order valence-corrected chi connectivity index (χ2v) is 2.94. The Morgan fingerprint density at radius 2 is 2.00 bits per heavy atom. The van der Waals surface area contributed by atoms with Gasteiger partial charge in [0.05, 0.1) is 13.2 Å². The van der Waals surface area contributed by atoms with E-state index in [2.05, 4.69) is 0 Å². The molecule has 0 spiro atoms. The summed E-state index contributed by atoms with van der Waals surface area (Å²) >= 11 is 0. The second-order valence-electron chi connectivity index (χ2n) is 2.94. The van der Waals surface area contributed by atoms with Crippen molar-refractivity contribution in [1.29, 1.82) is 0 Å². The molecule has 64 valence electrons. The number of fused-ring (bicyclic) bond motifs is 1. The van der Waals surface area contributed by atoms with Crippen molar-refractivity contribution in [2.45, 2.75) is 24.4 Å². The van der Waals surface area contributed by atoms with Crippen LogP contribution in [0.3, 0.4) is 0 Å². The highest BCUT2D eigenvalue weighted by molar-refractivity contribution is 4.94. The monoisotopic (exact) mass is 160 g/mol. The van der Waals surface area contributed by atoms with E-state index >= 15 is 0 Å². The fourth-order valence-electron chi connectivity index (χ4n) is 1.65. The lowest BCUT2D eigenvalue weighted by Crippen LogP contribution is -2.32. The van der Waals surface area contributed by atoms with Gasteiger partial charge in [0, 0.05) is 7.11 Å². The van der Waals surface area contributed by atoms with Crippen LogP contribution < -0.4 is 0 Å². The Hall–Kier alpha value is -0.160. The summed E-state index contributed by atoms with van der Waals surface area (Å²) in [6, 6.07) is 0. The highest BCUT2D eigenvalue weighted by Crippen LogP contribution is 2.28. The van der Waals surface area contributed by atoms with E-state index in [0.717, 1.165) is 0 Å². The zero-order chi connectivity index (χ0) is 7.84. The minimum Gasteiger partial charge on any atom is -0.388 e. The lowest BCUT2D eigenvalue weighted by molar-refractivity contribution is -0.0168. The maximum atomic E-state index is 9.31. The minimum atomic E-state index is -0.472. The van der Waals surface area contributed by atoms with Crippen molar-refractivity contribution < 1.29 is 19.3 Å². The highest BCUT2D eigenvalue weighted by atomic mass is 16.6. The van der Waals surface area contributed by atoms with Crippen molar-refractivity contribution in [3.63, 3.8) is 0 Å². The largest absolute Gasteiger partial charge is 0.388 e. The summed E-state index contributed by atoms with van der Waals surface area (Å²) in [6.45, 7) is 0.901. The molecule has 2 heterocycles. The van der Waals surface area contributed by atoms with Crippen molar-refractivity contribution in [2.75, 3.05) is 20.3 Å². The van der Waals surface area contributed by atoms with Crippen LogP contribution in [0.5, 0.6) is 0 Å². The quantitative estimate of drug-likeness (QED) is 0.543. The molecule has 0 aromatic heterocycles. The maximum Gasteiger partial charge on any atom is 0.115 e. The van der Waals surface area contributed by atoms with Gasteiger partial charge < -0.3 is 19.3 Å². The fraction of sp³-hybridized carbons (Fsp3) is 1.00. The van der Waals surface area contributed by atoms with E-state index in [9.17, 15) is 5.11 Å². The van der Waals surface area contributed by atoms with Crippen molar-refractivity contribution in [1.82, 2.24) is 0 Å². The molecule has 0 aromatic rings. The third-order valence-electron chi connectivity index (χ3n) is 2.28. The van der Waals surface area contributed by atoms with Gasteiger partial charge in [-0.05, 0) is 0 Å². The number of ether oxygens (including phenoxy) is 3. The summed E-state index contributed by atoms with van der Waals surface area (Å²) in [6.07, 6.45) is -0.702. The van der Waals surface area contributed by atoms with Gasteiger partial charge in [-0.3, -0.25) is 0 Å². The molecular weight excluding hydrogens is 148 g/mol. The van der Waals surface area contributed by atoms with Crippen LogP contribution in [0.15, 0.2) is 0 Å². The maximum absolute atomic E-state index is 9.31. The number of hydrogen-bond acceptors (Lipinski definition) is 4. The van der Waals surface area contributed by atoms with Gasteiger partial charge in [0.15, 0.2) is 0 Å². The summed E-state index contributed by atoms with van der Waals surface area (Å²) in [4.78, 5) is 0. The predicted molar refractivity (Wildman–Crippen MR) is 36.3 cm³/mol. The number of methoxy groups -OCH3 is 1.